The Balaban J connectivity index is 1.61. The zero-order valence-electron chi connectivity index (χ0n) is 13.1. The zero-order valence-corrected chi connectivity index (χ0v) is 13.8. The fraction of sp³-hybridized carbons (Fsp3) is 0.211. The maximum absolute atomic E-state index is 6.28. The second-order valence-corrected chi connectivity index (χ2v) is 5.73. The summed E-state index contributed by atoms with van der Waals surface area (Å²) in [5, 5.41) is 5.10. The van der Waals surface area contributed by atoms with Crippen LogP contribution in [0, 0.1) is 0 Å². The van der Waals surface area contributed by atoms with Crippen LogP contribution in [-0.4, -0.2) is 18.6 Å². The van der Waals surface area contributed by atoms with Crippen LogP contribution in [0.1, 0.15) is 11.1 Å². The van der Waals surface area contributed by atoms with Gasteiger partial charge < -0.3 is 10.1 Å². The second kappa shape index (κ2) is 7.44. The maximum atomic E-state index is 6.28. The highest BCUT2D eigenvalue weighted by atomic mass is 35.5. The minimum absolute atomic E-state index is 0.563. The summed E-state index contributed by atoms with van der Waals surface area (Å²) in [5.74, 6) is 0.930. The lowest BCUT2D eigenvalue weighted by Gasteiger charge is -2.10. The summed E-state index contributed by atoms with van der Waals surface area (Å²) >= 11 is 6.28. The lowest BCUT2D eigenvalue weighted by Crippen LogP contribution is -2.17. The topological polar surface area (TPSA) is 34.1 Å². The van der Waals surface area contributed by atoms with Gasteiger partial charge >= 0.3 is 0 Å². The molecule has 0 fully saturated rings. The Morgan fingerprint density at radius 1 is 1.04 bits per heavy atom. The van der Waals surface area contributed by atoms with E-state index in [4.69, 9.17) is 16.3 Å². The molecule has 0 spiro atoms. The van der Waals surface area contributed by atoms with Gasteiger partial charge in [0.15, 0.2) is 0 Å². The summed E-state index contributed by atoms with van der Waals surface area (Å²) in [5.41, 5.74) is 3.14. The lowest BCUT2D eigenvalue weighted by atomic mass is 10.1. The number of nitrogens with zero attached hydrogens (tertiary/aromatic N) is 1. The third-order valence-electron chi connectivity index (χ3n) is 3.83. The van der Waals surface area contributed by atoms with E-state index in [2.05, 4.69) is 28.5 Å². The number of para-hydroxylation sites is 2. The third-order valence-corrected chi connectivity index (χ3v) is 4.16. The predicted octanol–water partition coefficient (Wildman–Crippen LogP) is 4.23. The van der Waals surface area contributed by atoms with Crippen molar-refractivity contribution in [3.05, 3.63) is 70.9 Å². The van der Waals surface area contributed by atoms with Crippen LogP contribution < -0.4 is 10.1 Å². The van der Waals surface area contributed by atoms with E-state index in [1.165, 1.54) is 5.56 Å². The van der Waals surface area contributed by atoms with Crippen LogP contribution in [0.4, 0.5) is 0 Å². The quantitative estimate of drug-likeness (QED) is 0.543. The predicted molar refractivity (Wildman–Crippen MR) is 95.2 cm³/mol. The molecule has 1 heterocycles. The van der Waals surface area contributed by atoms with Crippen LogP contribution in [0.15, 0.2) is 54.6 Å². The van der Waals surface area contributed by atoms with E-state index in [-0.39, 0.29) is 0 Å². The first kappa shape index (κ1) is 15.8. The Morgan fingerprint density at radius 2 is 1.83 bits per heavy atom. The van der Waals surface area contributed by atoms with Gasteiger partial charge in [0.2, 0.25) is 0 Å². The number of fused-ring (bicyclic) bond motifs is 1. The number of hydrogen-bond acceptors (Lipinski definition) is 3. The summed E-state index contributed by atoms with van der Waals surface area (Å²) in [4.78, 5) is 4.45. The molecule has 0 saturated carbocycles. The van der Waals surface area contributed by atoms with Gasteiger partial charge in [-0.1, -0.05) is 48.0 Å². The van der Waals surface area contributed by atoms with Crippen LogP contribution in [0.5, 0.6) is 5.75 Å². The smallest absolute Gasteiger partial charge is 0.134 e. The average molecular weight is 327 g/mol. The lowest BCUT2D eigenvalue weighted by molar-refractivity contribution is 0.409. The molecular formula is C19H19ClN2O. The van der Waals surface area contributed by atoms with Gasteiger partial charge in [-0.15, -0.1) is 0 Å². The Morgan fingerprint density at radius 3 is 2.70 bits per heavy atom. The summed E-state index contributed by atoms with van der Waals surface area (Å²) in [7, 11) is 1.70. The van der Waals surface area contributed by atoms with Gasteiger partial charge in [0.1, 0.15) is 10.9 Å². The number of hydrogen-bond donors (Lipinski definition) is 1. The van der Waals surface area contributed by atoms with Crippen molar-refractivity contribution in [1.82, 2.24) is 10.3 Å². The number of ether oxygens (including phenoxy) is 1. The Labute approximate surface area is 141 Å². The summed E-state index contributed by atoms with van der Waals surface area (Å²) in [6.07, 6.45) is 0.905. The molecule has 0 bridgehead atoms. The van der Waals surface area contributed by atoms with Crippen molar-refractivity contribution in [1.29, 1.82) is 0 Å². The highest BCUT2D eigenvalue weighted by Crippen LogP contribution is 2.20. The van der Waals surface area contributed by atoms with Gasteiger partial charge in [-0.25, -0.2) is 4.98 Å². The molecule has 1 aromatic heterocycles. The van der Waals surface area contributed by atoms with Gasteiger partial charge in [-0.2, -0.15) is 0 Å². The van der Waals surface area contributed by atoms with Crippen LogP contribution in [0.25, 0.3) is 10.9 Å². The summed E-state index contributed by atoms with van der Waals surface area (Å²) in [6, 6.07) is 18.2. The number of aromatic nitrogens is 1. The summed E-state index contributed by atoms with van der Waals surface area (Å²) < 4.78 is 5.37. The van der Waals surface area contributed by atoms with E-state index in [1.807, 2.05) is 36.4 Å². The molecule has 0 radical (unpaired) electrons. The van der Waals surface area contributed by atoms with Crippen LogP contribution in [0.3, 0.4) is 0 Å². The van der Waals surface area contributed by atoms with Gasteiger partial charge in [-0.05, 0) is 36.7 Å². The van der Waals surface area contributed by atoms with Crippen molar-refractivity contribution in [2.45, 2.75) is 13.0 Å². The molecule has 0 atom stereocenters. The minimum Gasteiger partial charge on any atom is -0.496 e. The van der Waals surface area contributed by atoms with Crippen molar-refractivity contribution in [3.63, 3.8) is 0 Å². The molecule has 0 amide bonds. The number of nitrogens with one attached hydrogen (secondary N) is 1. The van der Waals surface area contributed by atoms with Gasteiger partial charge in [0, 0.05) is 17.5 Å². The molecule has 3 nitrogen and oxygen atoms in total. The minimum atomic E-state index is 0.563. The SMILES string of the molecule is COc1ccccc1CCNCc1cc2ccccc2nc1Cl. The molecule has 23 heavy (non-hydrogen) atoms. The molecule has 118 valence electrons. The standard InChI is InChI=1S/C19H19ClN2O/c1-23-18-9-5-3-6-14(18)10-11-21-13-16-12-15-7-2-4-8-17(15)22-19(16)20/h2-9,12,21H,10-11,13H2,1H3. The Bertz CT molecular complexity index is 804. The van der Waals surface area contributed by atoms with Crippen LogP contribution >= 0.6 is 11.6 Å². The van der Waals surface area contributed by atoms with E-state index in [0.29, 0.717) is 11.7 Å². The largest absolute Gasteiger partial charge is 0.496 e. The first-order chi connectivity index (χ1) is 11.3. The zero-order chi connectivity index (χ0) is 16.1. The van der Waals surface area contributed by atoms with E-state index in [0.717, 1.165) is 35.2 Å². The molecule has 3 rings (SSSR count). The van der Waals surface area contributed by atoms with Crippen LogP contribution in [0.2, 0.25) is 5.15 Å². The molecule has 0 saturated heterocycles. The van der Waals surface area contributed by atoms with E-state index in [1.54, 1.807) is 7.11 Å². The molecule has 0 aliphatic rings. The number of methoxy groups -OCH3 is 1. The number of pyridine rings is 1. The third kappa shape index (κ3) is 3.81. The Kier molecular flexibility index (Phi) is 5.11. The molecule has 3 aromatic rings. The van der Waals surface area contributed by atoms with E-state index in [9.17, 15) is 0 Å². The first-order valence-electron chi connectivity index (χ1n) is 7.64. The van der Waals surface area contributed by atoms with E-state index < -0.39 is 0 Å². The monoisotopic (exact) mass is 326 g/mol. The second-order valence-electron chi connectivity index (χ2n) is 5.37. The van der Waals surface area contributed by atoms with E-state index >= 15 is 0 Å². The molecule has 2 aromatic carbocycles. The van der Waals surface area contributed by atoms with Crippen molar-refractivity contribution < 1.29 is 4.74 Å². The van der Waals surface area contributed by atoms with Gasteiger partial charge in [0.05, 0.1) is 12.6 Å². The molecule has 0 aliphatic heterocycles. The van der Waals surface area contributed by atoms with Crippen molar-refractivity contribution in [2.24, 2.45) is 0 Å². The van der Waals surface area contributed by atoms with Crippen LogP contribution in [-0.2, 0) is 13.0 Å². The average Bonchev–Trinajstić information content (AvgIpc) is 2.59. The molecule has 0 aliphatic carbocycles. The van der Waals surface area contributed by atoms with Crippen molar-refractivity contribution in [2.75, 3.05) is 13.7 Å². The fourth-order valence-electron chi connectivity index (χ4n) is 2.62. The fourth-order valence-corrected chi connectivity index (χ4v) is 2.83. The normalized spacial score (nSPS) is 10.9. The van der Waals surface area contributed by atoms with Crippen molar-refractivity contribution >= 4 is 22.5 Å². The Hall–Kier alpha value is -2.10. The van der Waals surface area contributed by atoms with Crippen molar-refractivity contribution in [3.8, 4) is 5.75 Å². The maximum Gasteiger partial charge on any atom is 0.134 e. The molecular weight excluding hydrogens is 308 g/mol. The van der Waals surface area contributed by atoms with Gasteiger partial charge in [0.25, 0.3) is 0 Å². The molecule has 0 unspecified atom stereocenters. The summed E-state index contributed by atoms with van der Waals surface area (Å²) in [6.45, 7) is 1.55. The highest BCUT2D eigenvalue weighted by molar-refractivity contribution is 6.30. The number of halogens is 1. The molecule has 1 N–H and O–H groups in total. The molecule has 4 heteroatoms. The first-order valence-corrected chi connectivity index (χ1v) is 8.02. The number of rotatable bonds is 6. The number of benzene rings is 2. The van der Waals surface area contributed by atoms with Gasteiger partial charge in [-0.3, -0.25) is 0 Å². The highest BCUT2D eigenvalue weighted by Gasteiger charge is 2.05.